The zero-order valence-corrected chi connectivity index (χ0v) is 30.3. The Morgan fingerprint density at radius 2 is 0.929 bits per heavy atom. The van der Waals surface area contributed by atoms with Crippen LogP contribution in [-0.4, -0.2) is 14.1 Å². The van der Waals surface area contributed by atoms with Crippen LogP contribution in [0, 0.1) is 0 Å². The highest BCUT2D eigenvalue weighted by atomic mass is 16.1. The number of nitrogens with zero attached hydrogens (tertiary/aromatic N) is 2. The molecule has 1 aliphatic carbocycles. The molecule has 4 nitrogen and oxygen atoms in total. The van der Waals surface area contributed by atoms with Gasteiger partial charge in [0.25, 0.3) is 5.56 Å². The highest BCUT2D eigenvalue weighted by Gasteiger charge is 2.26. The third-order valence-corrected chi connectivity index (χ3v) is 11.9. The molecule has 0 aliphatic heterocycles. The first kappa shape index (κ1) is 31.0. The zero-order chi connectivity index (χ0) is 36.9. The highest BCUT2D eigenvalue weighted by Crippen LogP contribution is 2.44. The van der Waals surface area contributed by atoms with Crippen molar-refractivity contribution in [2.45, 2.75) is 6.42 Å². The van der Waals surface area contributed by atoms with E-state index in [4.69, 9.17) is 0 Å². The van der Waals surface area contributed by atoms with Crippen LogP contribution in [0.3, 0.4) is 0 Å². The van der Waals surface area contributed by atoms with E-state index in [2.05, 4.69) is 190 Å². The summed E-state index contributed by atoms with van der Waals surface area (Å²) in [5.74, 6) is 0. The van der Waals surface area contributed by atoms with Gasteiger partial charge in [0, 0.05) is 43.9 Å². The quantitative estimate of drug-likeness (QED) is 0.194. The van der Waals surface area contributed by atoms with Gasteiger partial charge in [-0.3, -0.25) is 4.79 Å². The SMILES string of the molecule is O=c1[nH]c2c(-c3ccc4c(c3)c3ccccc3n4-c3ccccc3)cc(-c3ccc4c(c3)c3ccccc3n4-c3ccccc3)cc2c2c1-c1ccccc1C2. The Kier molecular flexibility index (Phi) is 6.52. The summed E-state index contributed by atoms with van der Waals surface area (Å²) in [6.45, 7) is 0. The summed E-state index contributed by atoms with van der Waals surface area (Å²) in [7, 11) is 0. The molecule has 0 spiro atoms. The molecule has 3 heterocycles. The van der Waals surface area contributed by atoms with Crippen LogP contribution in [0.4, 0.5) is 0 Å². The fraction of sp³-hybridized carbons (Fsp3) is 0.0192. The van der Waals surface area contributed by atoms with Gasteiger partial charge in [-0.25, -0.2) is 0 Å². The molecule has 11 aromatic rings. The van der Waals surface area contributed by atoms with Gasteiger partial charge < -0.3 is 14.1 Å². The molecule has 262 valence electrons. The maximum atomic E-state index is 14.1. The number of aromatic nitrogens is 3. The number of aromatic amines is 1. The predicted molar refractivity (Wildman–Crippen MR) is 232 cm³/mol. The van der Waals surface area contributed by atoms with Crippen LogP contribution in [0.2, 0.25) is 0 Å². The van der Waals surface area contributed by atoms with Crippen molar-refractivity contribution in [1.82, 2.24) is 14.1 Å². The molecule has 0 saturated carbocycles. The van der Waals surface area contributed by atoms with Gasteiger partial charge >= 0.3 is 0 Å². The molecular weight excluding hydrogens is 683 g/mol. The van der Waals surface area contributed by atoms with Crippen molar-refractivity contribution < 1.29 is 0 Å². The van der Waals surface area contributed by atoms with E-state index in [1.165, 1.54) is 38.1 Å². The van der Waals surface area contributed by atoms with Crippen LogP contribution >= 0.6 is 0 Å². The molecule has 0 fully saturated rings. The summed E-state index contributed by atoms with van der Waals surface area (Å²) >= 11 is 0. The van der Waals surface area contributed by atoms with E-state index in [9.17, 15) is 4.79 Å². The Hall–Kier alpha value is -7.43. The lowest BCUT2D eigenvalue weighted by Gasteiger charge is -2.15. The minimum Gasteiger partial charge on any atom is -0.321 e. The maximum Gasteiger partial charge on any atom is 0.256 e. The van der Waals surface area contributed by atoms with Crippen molar-refractivity contribution in [3.8, 4) is 44.8 Å². The third-order valence-electron chi connectivity index (χ3n) is 11.9. The van der Waals surface area contributed by atoms with Crippen LogP contribution in [0.15, 0.2) is 187 Å². The van der Waals surface area contributed by atoms with Crippen molar-refractivity contribution in [3.63, 3.8) is 0 Å². The predicted octanol–water partition coefficient (Wildman–Crippen LogP) is 12.6. The van der Waals surface area contributed by atoms with Gasteiger partial charge in [-0.15, -0.1) is 0 Å². The first-order valence-electron chi connectivity index (χ1n) is 19.2. The third kappa shape index (κ3) is 4.44. The van der Waals surface area contributed by atoms with Crippen LogP contribution < -0.4 is 5.56 Å². The number of benzene rings is 8. The van der Waals surface area contributed by atoms with Crippen LogP contribution in [0.25, 0.3) is 99.3 Å². The van der Waals surface area contributed by atoms with E-state index in [0.717, 1.165) is 78.7 Å². The van der Waals surface area contributed by atoms with E-state index >= 15 is 0 Å². The second kappa shape index (κ2) is 11.8. The lowest BCUT2D eigenvalue weighted by Crippen LogP contribution is -2.10. The number of hydrogen-bond acceptors (Lipinski definition) is 1. The minimum atomic E-state index is -0.0386. The highest BCUT2D eigenvalue weighted by molar-refractivity contribution is 6.13. The number of nitrogens with one attached hydrogen (secondary N) is 1. The van der Waals surface area contributed by atoms with Crippen molar-refractivity contribution in [2.75, 3.05) is 0 Å². The molecule has 56 heavy (non-hydrogen) atoms. The molecule has 0 saturated heterocycles. The monoisotopic (exact) mass is 715 g/mol. The minimum absolute atomic E-state index is 0.0386. The molecule has 3 aromatic heterocycles. The molecule has 0 atom stereocenters. The molecule has 8 aromatic carbocycles. The van der Waals surface area contributed by atoms with Crippen LogP contribution in [-0.2, 0) is 6.42 Å². The summed E-state index contributed by atoms with van der Waals surface area (Å²) in [5.41, 5.74) is 16.2. The number of pyridine rings is 1. The van der Waals surface area contributed by atoms with E-state index in [1.807, 2.05) is 6.07 Å². The Morgan fingerprint density at radius 1 is 0.411 bits per heavy atom. The zero-order valence-electron chi connectivity index (χ0n) is 30.3. The van der Waals surface area contributed by atoms with Crippen LogP contribution in [0.5, 0.6) is 0 Å². The first-order valence-corrected chi connectivity index (χ1v) is 19.2. The number of para-hydroxylation sites is 4. The fourth-order valence-electron chi connectivity index (χ4n) is 9.44. The van der Waals surface area contributed by atoms with Gasteiger partial charge in [0.1, 0.15) is 0 Å². The Bertz CT molecular complexity index is 3460. The van der Waals surface area contributed by atoms with Gasteiger partial charge in [-0.05, 0) is 113 Å². The smallest absolute Gasteiger partial charge is 0.256 e. The topological polar surface area (TPSA) is 42.7 Å². The molecule has 4 heteroatoms. The Morgan fingerprint density at radius 3 is 1.59 bits per heavy atom. The van der Waals surface area contributed by atoms with Gasteiger partial charge in [0.15, 0.2) is 0 Å². The molecule has 0 bridgehead atoms. The lowest BCUT2D eigenvalue weighted by atomic mass is 9.91. The lowest BCUT2D eigenvalue weighted by molar-refractivity contribution is 1.18. The maximum absolute atomic E-state index is 14.1. The second-order valence-electron chi connectivity index (χ2n) is 14.9. The van der Waals surface area contributed by atoms with Gasteiger partial charge in [-0.2, -0.15) is 0 Å². The van der Waals surface area contributed by atoms with Gasteiger partial charge in [0.05, 0.1) is 33.1 Å². The van der Waals surface area contributed by atoms with Crippen molar-refractivity contribution >= 4 is 54.5 Å². The summed E-state index contributed by atoms with van der Waals surface area (Å²) in [6.07, 6.45) is 0.724. The van der Waals surface area contributed by atoms with E-state index in [0.29, 0.717) is 0 Å². The van der Waals surface area contributed by atoms with Crippen molar-refractivity contribution in [1.29, 1.82) is 0 Å². The molecule has 0 unspecified atom stereocenters. The second-order valence-corrected chi connectivity index (χ2v) is 14.9. The summed E-state index contributed by atoms with van der Waals surface area (Å²) in [5, 5.41) is 5.88. The first-order chi connectivity index (χ1) is 27.7. The Balaban J connectivity index is 1.13. The summed E-state index contributed by atoms with van der Waals surface area (Å²) in [6, 6.07) is 65.0. The Labute approximate surface area is 322 Å². The summed E-state index contributed by atoms with van der Waals surface area (Å²) in [4.78, 5) is 17.5. The molecule has 0 amide bonds. The number of hydrogen-bond donors (Lipinski definition) is 1. The van der Waals surface area contributed by atoms with E-state index in [1.54, 1.807) is 0 Å². The van der Waals surface area contributed by atoms with Gasteiger partial charge in [0.2, 0.25) is 0 Å². The molecular formula is C52H33N3O. The normalized spacial score (nSPS) is 12.3. The molecule has 1 aliphatic rings. The number of H-pyrrole nitrogens is 1. The van der Waals surface area contributed by atoms with Crippen molar-refractivity contribution in [2.24, 2.45) is 0 Å². The standard InChI is InChI=1S/C52H33N3O/c56-52-50-38-18-8-7-13-33(38)29-44(50)45-31-35(32-23-25-48-42(27-32)39-19-9-11-21-46(39)54(48)36-14-3-1-4-15-36)30-41(51(45)53-52)34-24-26-49-43(28-34)40-20-10-12-22-47(40)55(49)37-16-5-2-6-17-37/h1-28,30-31H,29H2,(H,53,56). The average molecular weight is 716 g/mol. The number of fused-ring (bicyclic) bond motifs is 11. The van der Waals surface area contributed by atoms with Crippen molar-refractivity contribution in [3.05, 3.63) is 203 Å². The number of rotatable bonds is 4. The fourth-order valence-corrected chi connectivity index (χ4v) is 9.44. The van der Waals surface area contributed by atoms with Crippen LogP contribution in [0.1, 0.15) is 11.1 Å². The summed E-state index contributed by atoms with van der Waals surface area (Å²) < 4.78 is 4.70. The largest absolute Gasteiger partial charge is 0.321 e. The van der Waals surface area contributed by atoms with E-state index < -0.39 is 0 Å². The molecule has 0 radical (unpaired) electrons. The molecule has 1 N–H and O–H groups in total. The molecule has 12 rings (SSSR count). The average Bonchev–Trinajstić information content (AvgIpc) is 3.92. The van der Waals surface area contributed by atoms with Gasteiger partial charge in [-0.1, -0.05) is 109 Å². The van der Waals surface area contributed by atoms with E-state index in [-0.39, 0.29) is 5.56 Å².